The molecule has 1 fully saturated rings. The third kappa shape index (κ3) is 4.57. The van der Waals surface area contributed by atoms with Crippen molar-refractivity contribution in [2.75, 3.05) is 0 Å². The highest BCUT2D eigenvalue weighted by molar-refractivity contribution is 5.75. The third-order valence-corrected chi connectivity index (χ3v) is 4.77. The standard InChI is InChI=1S/C15H27N3O5/c1-4-8(5-2)12(17-7(3)19)11-10(18-15(16)23)6-9(13(11)20)14(21)22/h8-13,20H,4-6H2,1-3H3,(H,17,19)(H,21,22)(H3,16,18,23)/t9-,10+,11+,12-,13-/m0/s1. The van der Waals surface area contributed by atoms with Crippen LogP contribution in [0.2, 0.25) is 0 Å². The Balaban J connectivity index is 3.17. The number of nitrogens with one attached hydrogen (secondary N) is 2. The average Bonchev–Trinajstić information content (AvgIpc) is 2.74. The number of amides is 3. The van der Waals surface area contributed by atoms with Gasteiger partial charge in [0.25, 0.3) is 0 Å². The first-order valence-electron chi connectivity index (χ1n) is 7.96. The molecule has 0 spiro atoms. The molecule has 132 valence electrons. The summed E-state index contributed by atoms with van der Waals surface area (Å²) < 4.78 is 0. The summed E-state index contributed by atoms with van der Waals surface area (Å²) in [6.07, 6.45) is 0.430. The fraction of sp³-hybridized carbons (Fsp3) is 0.800. The lowest BCUT2D eigenvalue weighted by Crippen LogP contribution is -2.54. The molecule has 1 aliphatic rings. The number of aliphatic hydroxyl groups excluding tert-OH is 1. The Morgan fingerprint density at radius 2 is 1.83 bits per heavy atom. The van der Waals surface area contributed by atoms with E-state index in [9.17, 15) is 24.6 Å². The minimum Gasteiger partial charge on any atom is -0.481 e. The maximum absolute atomic E-state index is 11.6. The van der Waals surface area contributed by atoms with Crippen molar-refractivity contribution in [3.63, 3.8) is 0 Å². The summed E-state index contributed by atoms with van der Waals surface area (Å²) in [4.78, 5) is 34.2. The van der Waals surface area contributed by atoms with Crippen molar-refractivity contribution in [2.24, 2.45) is 23.5 Å². The number of urea groups is 1. The van der Waals surface area contributed by atoms with Crippen LogP contribution in [-0.2, 0) is 9.59 Å². The summed E-state index contributed by atoms with van der Waals surface area (Å²) in [7, 11) is 0. The number of rotatable bonds is 7. The molecule has 0 aromatic carbocycles. The zero-order valence-corrected chi connectivity index (χ0v) is 13.8. The molecule has 0 bridgehead atoms. The van der Waals surface area contributed by atoms with Gasteiger partial charge in [-0.3, -0.25) is 9.59 Å². The normalized spacial score (nSPS) is 28.4. The molecule has 1 saturated carbocycles. The molecule has 0 aromatic heterocycles. The molecule has 23 heavy (non-hydrogen) atoms. The number of carbonyl (C=O) groups excluding carboxylic acids is 2. The van der Waals surface area contributed by atoms with Crippen LogP contribution in [0, 0.1) is 17.8 Å². The fourth-order valence-electron chi connectivity index (χ4n) is 3.68. The lowest BCUT2D eigenvalue weighted by molar-refractivity contribution is -0.145. The Bertz CT molecular complexity index is 452. The Morgan fingerprint density at radius 3 is 2.22 bits per heavy atom. The number of carbonyl (C=O) groups is 3. The summed E-state index contributed by atoms with van der Waals surface area (Å²) in [5.74, 6) is -2.92. The molecule has 5 atom stereocenters. The Morgan fingerprint density at radius 1 is 1.26 bits per heavy atom. The van der Waals surface area contributed by atoms with Gasteiger partial charge < -0.3 is 26.6 Å². The summed E-state index contributed by atoms with van der Waals surface area (Å²) >= 11 is 0. The van der Waals surface area contributed by atoms with Crippen molar-refractivity contribution >= 4 is 17.9 Å². The predicted molar refractivity (Wildman–Crippen MR) is 83.4 cm³/mol. The monoisotopic (exact) mass is 329 g/mol. The smallest absolute Gasteiger partial charge is 0.312 e. The topological polar surface area (TPSA) is 142 Å². The molecule has 0 radical (unpaired) electrons. The molecule has 8 nitrogen and oxygen atoms in total. The van der Waals surface area contributed by atoms with Crippen LogP contribution < -0.4 is 16.4 Å². The van der Waals surface area contributed by atoms with Crippen molar-refractivity contribution in [1.82, 2.24) is 10.6 Å². The summed E-state index contributed by atoms with van der Waals surface area (Å²) in [6, 6.07) is -1.80. The van der Waals surface area contributed by atoms with E-state index in [-0.39, 0.29) is 18.2 Å². The fourth-order valence-corrected chi connectivity index (χ4v) is 3.68. The molecule has 0 aromatic rings. The second kappa shape index (κ2) is 8.14. The van der Waals surface area contributed by atoms with Crippen LogP contribution in [0.5, 0.6) is 0 Å². The number of hydrogen-bond donors (Lipinski definition) is 5. The van der Waals surface area contributed by atoms with E-state index in [4.69, 9.17) is 5.73 Å². The van der Waals surface area contributed by atoms with E-state index in [0.717, 1.165) is 12.8 Å². The number of hydrogen-bond acceptors (Lipinski definition) is 4. The summed E-state index contributed by atoms with van der Waals surface area (Å²) in [5, 5.41) is 25.1. The SMILES string of the molecule is CCC(CC)[C@H](NC(C)=O)[C@@H]1[C@@H](O)[C@@H](C(=O)O)C[C@H]1NC(N)=O. The van der Waals surface area contributed by atoms with Gasteiger partial charge in [0.15, 0.2) is 0 Å². The number of aliphatic hydroxyl groups is 1. The molecule has 0 unspecified atom stereocenters. The van der Waals surface area contributed by atoms with Gasteiger partial charge in [0, 0.05) is 24.9 Å². The van der Waals surface area contributed by atoms with Gasteiger partial charge in [-0.2, -0.15) is 0 Å². The van der Waals surface area contributed by atoms with Crippen LogP contribution in [0.25, 0.3) is 0 Å². The lowest BCUT2D eigenvalue weighted by atomic mass is 9.80. The van der Waals surface area contributed by atoms with Gasteiger partial charge >= 0.3 is 12.0 Å². The van der Waals surface area contributed by atoms with Crippen LogP contribution in [0.3, 0.4) is 0 Å². The van der Waals surface area contributed by atoms with E-state index in [1.165, 1.54) is 6.92 Å². The van der Waals surface area contributed by atoms with E-state index in [1.807, 2.05) is 13.8 Å². The lowest BCUT2D eigenvalue weighted by Gasteiger charge is -2.36. The first-order valence-corrected chi connectivity index (χ1v) is 7.96. The number of carboxylic acids is 1. The van der Waals surface area contributed by atoms with Crippen molar-refractivity contribution in [3.8, 4) is 0 Å². The van der Waals surface area contributed by atoms with E-state index in [2.05, 4.69) is 10.6 Å². The van der Waals surface area contributed by atoms with E-state index in [0.29, 0.717) is 0 Å². The largest absolute Gasteiger partial charge is 0.481 e. The van der Waals surface area contributed by atoms with Crippen LogP contribution in [0.4, 0.5) is 4.79 Å². The average molecular weight is 329 g/mol. The molecule has 0 aliphatic heterocycles. The molecule has 1 rings (SSSR count). The molecular formula is C15H27N3O5. The summed E-state index contributed by atoms with van der Waals surface area (Å²) in [5.41, 5.74) is 5.18. The quantitative estimate of drug-likeness (QED) is 0.448. The van der Waals surface area contributed by atoms with Crippen molar-refractivity contribution in [2.45, 2.75) is 58.2 Å². The predicted octanol–water partition coefficient (Wildman–Crippen LogP) is 0.0458. The second-order valence-electron chi connectivity index (χ2n) is 6.17. The number of aliphatic carboxylic acids is 1. The maximum atomic E-state index is 11.6. The van der Waals surface area contributed by atoms with Crippen LogP contribution in [0.15, 0.2) is 0 Å². The first-order chi connectivity index (χ1) is 10.7. The number of primary amides is 1. The van der Waals surface area contributed by atoms with Gasteiger partial charge in [-0.1, -0.05) is 26.7 Å². The van der Waals surface area contributed by atoms with Gasteiger partial charge in [-0.15, -0.1) is 0 Å². The van der Waals surface area contributed by atoms with Crippen LogP contribution in [0.1, 0.15) is 40.0 Å². The molecule has 3 amide bonds. The highest BCUT2D eigenvalue weighted by Gasteiger charge is 2.51. The molecule has 6 N–H and O–H groups in total. The maximum Gasteiger partial charge on any atom is 0.312 e. The summed E-state index contributed by atoms with van der Waals surface area (Å²) in [6.45, 7) is 5.31. The van der Waals surface area contributed by atoms with Gasteiger partial charge in [0.1, 0.15) is 0 Å². The molecule has 8 heteroatoms. The van der Waals surface area contributed by atoms with Gasteiger partial charge in [-0.25, -0.2) is 4.79 Å². The van der Waals surface area contributed by atoms with Gasteiger partial charge in [0.2, 0.25) is 5.91 Å². The molecule has 0 heterocycles. The zero-order valence-electron chi connectivity index (χ0n) is 13.8. The Kier molecular flexibility index (Phi) is 6.80. The van der Waals surface area contributed by atoms with Crippen molar-refractivity contribution in [1.29, 1.82) is 0 Å². The molecule has 1 aliphatic carbocycles. The van der Waals surface area contributed by atoms with Gasteiger partial charge in [-0.05, 0) is 12.3 Å². The van der Waals surface area contributed by atoms with E-state index < -0.39 is 42.0 Å². The number of nitrogens with two attached hydrogens (primary N) is 1. The highest BCUT2D eigenvalue weighted by atomic mass is 16.4. The van der Waals surface area contributed by atoms with Gasteiger partial charge in [0.05, 0.1) is 12.0 Å². The highest BCUT2D eigenvalue weighted by Crippen LogP contribution is 2.37. The van der Waals surface area contributed by atoms with Crippen LogP contribution in [-0.4, -0.2) is 46.3 Å². The molecular weight excluding hydrogens is 302 g/mol. The minimum absolute atomic E-state index is 0.0586. The Hall–Kier alpha value is -1.83. The zero-order chi connectivity index (χ0) is 17.7. The van der Waals surface area contributed by atoms with E-state index in [1.54, 1.807) is 0 Å². The first kappa shape index (κ1) is 19.2. The van der Waals surface area contributed by atoms with Crippen LogP contribution >= 0.6 is 0 Å². The minimum atomic E-state index is -1.16. The van der Waals surface area contributed by atoms with Crippen molar-refractivity contribution in [3.05, 3.63) is 0 Å². The Labute approximate surface area is 135 Å². The molecule has 0 saturated heterocycles. The van der Waals surface area contributed by atoms with Crippen molar-refractivity contribution < 1.29 is 24.6 Å². The second-order valence-corrected chi connectivity index (χ2v) is 6.17. The van der Waals surface area contributed by atoms with E-state index >= 15 is 0 Å². The number of carboxylic acid groups (broad SMARTS) is 1. The third-order valence-electron chi connectivity index (χ3n) is 4.77.